The molecule has 1 fully saturated rings. The number of benzene rings is 3. The molecule has 0 spiro atoms. The van der Waals surface area contributed by atoms with Gasteiger partial charge in [-0.2, -0.15) is 0 Å². The number of hydrogen-bond donors (Lipinski definition) is 4. The summed E-state index contributed by atoms with van der Waals surface area (Å²) in [4.78, 5) is 34.0. The van der Waals surface area contributed by atoms with E-state index in [0.29, 0.717) is 66.0 Å². The Bertz CT molecular complexity index is 1640. The Kier molecular flexibility index (Phi) is 6.79. The fourth-order valence-corrected chi connectivity index (χ4v) is 5.33. The number of carbonyl (C=O) groups excluding carboxylic acids is 1. The summed E-state index contributed by atoms with van der Waals surface area (Å²) in [5, 5.41) is 24.1. The number of carboxylic acid groups (broad SMARTS) is 1. The monoisotopic (exact) mass is 542 g/mol. The summed E-state index contributed by atoms with van der Waals surface area (Å²) in [7, 11) is 0. The van der Waals surface area contributed by atoms with Crippen molar-refractivity contribution in [3.8, 4) is 5.88 Å². The molecule has 40 heavy (non-hydrogen) atoms. The van der Waals surface area contributed by atoms with Gasteiger partial charge in [0, 0.05) is 41.8 Å². The molecule has 0 aliphatic carbocycles. The van der Waals surface area contributed by atoms with Gasteiger partial charge in [0.2, 0.25) is 5.91 Å². The zero-order valence-corrected chi connectivity index (χ0v) is 21.5. The number of ether oxygens (including phenoxy) is 1. The number of morpholine rings is 1. The normalized spacial score (nSPS) is 17.3. The number of H-pyrrole nitrogens is 1. The second kappa shape index (κ2) is 10.6. The smallest absolute Gasteiger partial charge is 0.335 e. The van der Waals surface area contributed by atoms with Gasteiger partial charge in [-0.05, 0) is 66.6 Å². The van der Waals surface area contributed by atoms with E-state index in [2.05, 4.69) is 10.3 Å². The molecule has 2 aliphatic rings. The molecule has 3 heterocycles. The van der Waals surface area contributed by atoms with Crippen molar-refractivity contribution in [2.24, 2.45) is 4.99 Å². The largest absolute Gasteiger partial charge is 0.494 e. The molecular formula is C30H27FN4O5. The maximum Gasteiger partial charge on any atom is 0.335 e. The van der Waals surface area contributed by atoms with Gasteiger partial charge in [-0.15, -0.1) is 0 Å². The summed E-state index contributed by atoms with van der Waals surface area (Å²) >= 11 is 0. The van der Waals surface area contributed by atoms with Crippen LogP contribution in [0.2, 0.25) is 0 Å². The maximum atomic E-state index is 13.8. The lowest BCUT2D eigenvalue weighted by molar-refractivity contribution is -0.121. The summed E-state index contributed by atoms with van der Waals surface area (Å²) in [6.45, 7) is 2.62. The number of amides is 1. The van der Waals surface area contributed by atoms with E-state index in [1.807, 2.05) is 12.1 Å². The molecule has 4 aromatic rings. The number of fused-ring (bicyclic) bond motifs is 2. The van der Waals surface area contributed by atoms with Crippen LogP contribution in [0, 0.1) is 5.82 Å². The lowest BCUT2D eigenvalue weighted by Gasteiger charge is -2.25. The Morgan fingerprint density at radius 3 is 2.62 bits per heavy atom. The standard InChI is InChI=1S/C30H27FN4O5/c31-20-4-1-17(2-5-20)28(27-23-7-3-19(30(38)39)14-24(23)34-29(27)37)33-21-6-8-25-18(13-21)9-11-35(25)26(36)15-22-16-32-10-12-40-22/h1-8,13-14,22,32,34,37H,9-12,15-16H2,(H,38,39). The zero-order chi connectivity index (χ0) is 27.8. The van der Waals surface area contributed by atoms with E-state index in [0.717, 1.165) is 17.8 Å². The number of carbonyl (C=O) groups is 2. The highest BCUT2D eigenvalue weighted by molar-refractivity contribution is 6.22. The number of aromatic nitrogens is 1. The summed E-state index contributed by atoms with van der Waals surface area (Å²) in [5.74, 6) is -1.66. The van der Waals surface area contributed by atoms with Gasteiger partial charge in [0.05, 0.1) is 41.7 Å². The van der Waals surface area contributed by atoms with Gasteiger partial charge >= 0.3 is 5.97 Å². The topological polar surface area (TPSA) is 127 Å². The number of hydrogen-bond acceptors (Lipinski definition) is 6. The van der Waals surface area contributed by atoms with Crippen LogP contribution in [0.5, 0.6) is 5.88 Å². The predicted octanol–water partition coefficient (Wildman–Crippen LogP) is 4.15. The van der Waals surface area contributed by atoms with Gasteiger partial charge in [-0.3, -0.25) is 4.79 Å². The van der Waals surface area contributed by atoms with E-state index in [-0.39, 0.29) is 23.5 Å². The van der Waals surface area contributed by atoms with E-state index in [9.17, 15) is 24.2 Å². The highest BCUT2D eigenvalue weighted by atomic mass is 19.1. The minimum atomic E-state index is -1.08. The van der Waals surface area contributed by atoms with Crippen molar-refractivity contribution >= 4 is 39.9 Å². The lowest BCUT2D eigenvalue weighted by atomic mass is 10.00. The number of aliphatic imine (C=N–C) groups is 1. The van der Waals surface area contributed by atoms with Crippen molar-refractivity contribution in [2.45, 2.75) is 18.9 Å². The summed E-state index contributed by atoms with van der Waals surface area (Å²) < 4.78 is 19.5. The van der Waals surface area contributed by atoms with Crippen molar-refractivity contribution in [2.75, 3.05) is 31.1 Å². The molecule has 1 aromatic heterocycles. The Labute approximate surface area is 228 Å². The van der Waals surface area contributed by atoms with Gasteiger partial charge in [0.15, 0.2) is 5.88 Å². The minimum absolute atomic E-state index is 0.0140. The van der Waals surface area contributed by atoms with Crippen LogP contribution in [0.1, 0.15) is 33.5 Å². The van der Waals surface area contributed by atoms with Crippen LogP contribution in [0.25, 0.3) is 10.9 Å². The number of halogens is 1. The van der Waals surface area contributed by atoms with Crippen LogP contribution in [0.3, 0.4) is 0 Å². The number of aromatic hydroxyl groups is 1. The van der Waals surface area contributed by atoms with Gasteiger partial charge in [0.25, 0.3) is 0 Å². The first-order valence-electron chi connectivity index (χ1n) is 13.1. The van der Waals surface area contributed by atoms with Crippen LogP contribution >= 0.6 is 0 Å². The predicted molar refractivity (Wildman–Crippen MR) is 148 cm³/mol. The van der Waals surface area contributed by atoms with E-state index in [1.165, 1.54) is 24.3 Å². The number of nitrogens with zero attached hydrogens (tertiary/aromatic N) is 2. The molecule has 0 bridgehead atoms. The number of anilines is 1. The molecule has 3 aromatic carbocycles. The van der Waals surface area contributed by atoms with Crippen molar-refractivity contribution in [3.63, 3.8) is 0 Å². The molecule has 9 nitrogen and oxygen atoms in total. The molecule has 1 atom stereocenters. The number of aromatic carboxylic acids is 1. The third-order valence-electron chi connectivity index (χ3n) is 7.29. The molecule has 0 saturated carbocycles. The molecule has 6 rings (SSSR count). The van der Waals surface area contributed by atoms with Gasteiger partial charge in [-0.25, -0.2) is 14.2 Å². The fourth-order valence-electron chi connectivity index (χ4n) is 5.33. The fraction of sp³-hybridized carbons (Fsp3) is 0.233. The van der Waals surface area contributed by atoms with Gasteiger partial charge < -0.3 is 30.2 Å². The highest BCUT2D eigenvalue weighted by Gasteiger charge is 2.28. The average molecular weight is 543 g/mol. The molecule has 1 amide bonds. The second-order valence-electron chi connectivity index (χ2n) is 9.89. The number of nitrogens with one attached hydrogen (secondary N) is 2. The van der Waals surface area contributed by atoms with E-state index in [1.54, 1.807) is 29.2 Å². The van der Waals surface area contributed by atoms with Crippen molar-refractivity contribution in [1.82, 2.24) is 10.3 Å². The quantitative estimate of drug-likeness (QED) is 0.271. The summed E-state index contributed by atoms with van der Waals surface area (Å²) in [5.41, 5.74) is 4.25. The minimum Gasteiger partial charge on any atom is -0.494 e. The number of carboxylic acids is 1. The number of aromatic amines is 1. The summed E-state index contributed by atoms with van der Waals surface area (Å²) in [6, 6.07) is 15.9. The molecule has 2 aliphatic heterocycles. The van der Waals surface area contributed by atoms with E-state index < -0.39 is 11.8 Å². The Balaban J connectivity index is 1.37. The first-order valence-corrected chi connectivity index (χ1v) is 13.1. The molecule has 4 N–H and O–H groups in total. The molecular weight excluding hydrogens is 515 g/mol. The zero-order valence-electron chi connectivity index (χ0n) is 21.5. The Hall–Kier alpha value is -4.54. The van der Waals surface area contributed by atoms with Crippen LogP contribution < -0.4 is 10.2 Å². The van der Waals surface area contributed by atoms with Crippen LogP contribution in [0.15, 0.2) is 65.7 Å². The van der Waals surface area contributed by atoms with Gasteiger partial charge in [-0.1, -0.05) is 6.07 Å². The van der Waals surface area contributed by atoms with Crippen molar-refractivity contribution < 1.29 is 28.9 Å². The summed E-state index contributed by atoms with van der Waals surface area (Å²) in [6.07, 6.45) is 0.851. The van der Waals surface area contributed by atoms with Crippen LogP contribution in [-0.2, 0) is 16.0 Å². The van der Waals surface area contributed by atoms with E-state index in [4.69, 9.17) is 9.73 Å². The van der Waals surface area contributed by atoms with E-state index >= 15 is 0 Å². The highest BCUT2D eigenvalue weighted by Crippen LogP contribution is 2.35. The lowest BCUT2D eigenvalue weighted by Crippen LogP contribution is -2.42. The Morgan fingerprint density at radius 1 is 1.07 bits per heavy atom. The van der Waals surface area contributed by atoms with Crippen molar-refractivity contribution in [1.29, 1.82) is 0 Å². The number of rotatable bonds is 6. The molecule has 10 heteroatoms. The maximum absolute atomic E-state index is 13.8. The average Bonchev–Trinajstić information content (AvgIpc) is 3.52. The second-order valence-corrected chi connectivity index (χ2v) is 9.89. The van der Waals surface area contributed by atoms with Gasteiger partial charge in [0.1, 0.15) is 5.82 Å². The first kappa shape index (κ1) is 25.7. The molecule has 1 unspecified atom stereocenters. The molecule has 204 valence electrons. The third-order valence-corrected chi connectivity index (χ3v) is 7.29. The van der Waals surface area contributed by atoms with Crippen molar-refractivity contribution in [3.05, 3.63) is 88.7 Å². The van der Waals surface area contributed by atoms with Crippen LogP contribution in [0.4, 0.5) is 15.8 Å². The molecule has 0 radical (unpaired) electrons. The van der Waals surface area contributed by atoms with Crippen LogP contribution in [-0.4, -0.2) is 65.1 Å². The third kappa shape index (κ3) is 4.94. The first-order chi connectivity index (χ1) is 19.4. The SMILES string of the molecule is O=C(O)c1ccc2c(C(=Nc3ccc4c(c3)CCN4C(=O)CC3CNCCO3)c3ccc(F)cc3)c(O)[nH]c2c1. The molecule has 1 saturated heterocycles. The Morgan fingerprint density at radius 2 is 1.88 bits per heavy atom.